The second kappa shape index (κ2) is 4.44. The third kappa shape index (κ3) is 2.32. The Balaban J connectivity index is 3.21. The van der Waals surface area contributed by atoms with Gasteiger partial charge < -0.3 is 9.84 Å². The number of ether oxygens (including phenoxy) is 1. The maximum absolute atomic E-state index is 12.6. The van der Waals surface area contributed by atoms with Crippen LogP contribution in [-0.2, 0) is 24.2 Å². The number of carbonyl (C=O) groups is 2. The highest BCUT2D eigenvalue weighted by Gasteiger charge is 2.72. The summed E-state index contributed by atoms with van der Waals surface area (Å²) in [6.07, 6.45) is 0.0247. The van der Waals surface area contributed by atoms with E-state index in [1.54, 1.807) is 27.7 Å². The fourth-order valence-corrected chi connectivity index (χ4v) is 4.55. The lowest BCUT2D eigenvalue weighted by molar-refractivity contribution is -0.157. The second-order valence-electron chi connectivity index (χ2n) is 6.82. The van der Waals surface area contributed by atoms with Crippen molar-refractivity contribution >= 4 is 21.8 Å². The molecule has 1 fully saturated rings. The molecule has 116 valence electrons. The van der Waals surface area contributed by atoms with Gasteiger partial charge in [-0.3, -0.25) is 9.59 Å². The van der Waals surface area contributed by atoms with Crippen LogP contribution in [0.2, 0.25) is 0 Å². The Hall–Kier alpha value is -1.11. The zero-order chi connectivity index (χ0) is 16.1. The lowest BCUT2D eigenvalue weighted by atomic mass is 10.1. The minimum atomic E-state index is -4.22. The molecular formula is C13H22O6S. The molecule has 0 aromatic carbocycles. The van der Waals surface area contributed by atoms with Gasteiger partial charge in [0.25, 0.3) is 0 Å². The number of hydrogen-bond donors (Lipinski definition) is 1. The highest BCUT2D eigenvalue weighted by Crippen LogP contribution is 2.53. The maximum atomic E-state index is 12.6. The lowest BCUT2D eigenvalue weighted by Crippen LogP contribution is -2.52. The normalized spacial score (nSPS) is 27.0. The second-order valence-corrected chi connectivity index (χ2v) is 9.57. The van der Waals surface area contributed by atoms with Crippen LogP contribution < -0.4 is 0 Å². The summed E-state index contributed by atoms with van der Waals surface area (Å²) >= 11 is 0. The van der Waals surface area contributed by atoms with Crippen LogP contribution in [0.5, 0.6) is 0 Å². The summed E-state index contributed by atoms with van der Waals surface area (Å²) in [6.45, 7) is 8.83. The Morgan fingerprint density at radius 3 is 1.85 bits per heavy atom. The summed E-state index contributed by atoms with van der Waals surface area (Å²) in [7, 11) is -4.22. The Labute approximate surface area is 119 Å². The minimum absolute atomic E-state index is 0.0247. The molecule has 1 aliphatic carbocycles. The largest absolute Gasteiger partial charge is 0.480 e. The number of aliphatic carboxylic acids is 1. The molecule has 2 unspecified atom stereocenters. The van der Waals surface area contributed by atoms with Crippen LogP contribution in [0, 0.1) is 5.92 Å². The molecule has 1 N–H and O–H groups in total. The summed E-state index contributed by atoms with van der Waals surface area (Å²) in [5.74, 6) is -2.84. The number of carboxylic acids is 1. The van der Waals surface area contributed by atoms with Crippen molar-refractivity contribution in [2.24, 2.45) is 5.92 Å². The van der Waals surface area contributed by atoms with E-state index in [2.05, 4.69) is 0 Å². The average Bonchev–Trinajstić information content (AvgIpc) is 2.88. The van der Waals surface area contributed by atoms with Crippen molar-refractivity contribution in [2.45, 2.75) is 63.1 Å². The van der Waals surface area contributed by atoms with E-state index in [4.69, 9.17) is 4.74 Å². The van der Waals surface area contributed by atoms with Gasteiger partial charge in [0.1, 0.15) is 5.60 Å². The highest BCUT2D eigenvalue weighted by atomic mass is 32.2. The van der Waals surface area contributed by atoms with Crippen molar-refractivity contribution < 1.29 is 27.9 Å². The molecule has 0 bridgehead atoms. The van der Waals surface area contributed by atoms with Gasteiger partial charge in [-0.25, -0.2) is 8.42 Å². The first-order valence-corrected chi connectivity index (χ1v) is 7.89. The van der Waals surface area contributed by atoms with E-state index in [0.29, 0.717) is 0 Å². The average molecular weight is 306 g/mol. The van der Waals surface area contributed by atoms with Gasteiger partial charge in [0.05, 0.1) is 0 Å². The Morgan fingerprint density at radius 2 is 1.60 bits per heavy atom. The molecule has 0 saturated heterocycles. The third-order valence-corrected chi connectivity index (χ3v) is 6.86. The maximum Gasteiger partial charge on any atom is 0.327 e. The number of sulfone groups is 1. The van der Waals surface area contributed by atoms with Crippen LogP contribution in [0.25, 0.3) is 0 Å². The van der Waals surface area contributed by atoms with Crippen molar-refractivity contribution in [1.82, 2.24) is 0 Å². The smallest absolute Gasteiger partial charge is 0.327 e. The molecule has 2 atom stereocenters. The lowest BCUT2D eigenvalue weighted by Gasteiger charge is -2.30. The van der Waals surface area contributed by atoms with Crippen LogP contribution in [-0.4, -0.2) is 40.6 Å². The zero-order valence-electron chi connectivity index (χ0n) is 12.7. The number of carboxylic acid groups (broad SMARTS) is 1. The first kappa shape index (κ1) is 16.9. The fourth-order valence-electron chi connectivity index (χ4n) is 2.15. The summed E-state index contributed by atoms with van der Waals surface area (Å²) in [5.41, 5.74) is -0.838. The van der Waals surface area contributed by atoms with Gasteiger partial charge in [-0.15, -0.1) is 0 Å². The van der Waals surface area contributed by atoms with Crippen molar-refractivity contribution in [3.05, 3.63) is 0 Å². The molecule has 7 heteroatoms. The van der Waals surface area contributed by atoms with Gasteiger partial charge in [-0.2, -0.15) is 0 Å². The Morgan fingerprint density at radius 1 is 1.20 bits per heavy atom. The molecule has 6 nitrogen and oxygen atoms in total. The van der Waals surface area contributed by atoms with Gasteiger partial charge in [0, 0.05) is 0 Å². The van der Waals surface area contributed by atoms with Crippen molar-refractivity contribution in [1.29, 1.82) is 0 Å². The first-order valence-electron chi connectivity index (χ1n) is 6.41. The Bertz CT molecular complexity index is 540. The molecule has 20 heavy (non-hydrogen) atoms. The molecule has 0 radical (unpaired) electrons. The van der Waals surface area contributed by atoms with E-state index < -0.39 is 42.8 Å². The SMILES string of the molecule is CC1CC1(C(=O)O)S(=O)(=O)C(C)(C)C(=O)OC(C)(C)C. The predicted octanol–water partition coefficient (Wildman–Crippen LogP) is 1.38. The van der Waals surface area contributed by atoms with E-state index in [1.807, 2.05) is 0 Å². The summed E-state index contributed by atoms with van der Waals surface area (Å²) in [5, 5.41) is 9.26. The van der Waals surface area contributed by atoms with Gasteiger partial charge in [-0.1, -0.05) is 6.92 Å². The predicted molar refractivity (Wildman–Crippen MR) is 73.0 cm³/mol. The summed E-state index contributed by atoms with van der Waals surface area (Å²) < 4.78 is 26.6. The molecule has 1 rings (SSSR count). The van der Waals surface area contributed by atoms with Crippen LogP contribution in [0.3, 0.4) is 0 Å². The third-order valence-electron chi connectivity index (χ3n) is 3.65. The van der Waals surface area contributed by atoms with Crippen LogP contribution >= 0.6 is 0 Å². The van der Waals surface area contributed by atoms with Gasteiger partial charge in [-0.05, 0) is 47.0 Å². The Kier molecular flexibility index (Phi) is 3.76. The van der Waals surface area contributed by atoms with Gasteiger partial charge in [0.2, 0.25) is 0 Å². The van der Waals surface area contributed by atoms with E-state index in [1.165, 1.54) is 13.8 Å². The van der Waals surface area contributed by atoms with E-state index in [0.717, 1.165) is 0 Å². The molecule has 0 spiro atoms. The van der Waals surface area contributed by atoms with E-state index in [9.17, 15) is 23.1 Å². The number of esters is 1. The van der Waals surface area contributed by atoms with Gasteiger partial charge >= 0.3 is 11.9 Å². The molecule has 1 saturated carbocycles. The molecule has 0 heterocycles. The topological polar surface area (TPSA) is 97.7 Å². The molecule has 0 aliphatic heterocycles. The van der Waals surface area contributed by atoms with Crippen molar-refractivity contribution in [2.75, 3.05) is 0 Å². The van der Waals surface area contributed by atoms with E-state index in [-0.39, 0.29) is 6.42 Å². The van der Waals surface area contributed by atoms with Crippen LogP contribution in [0.1, 0.15) is 48.0 Å². The monoisotopic (exact) mass is 306 g/mol. The van der Waals surface area contributed by atoms with Crippen molar-refractivity contribution in [3.8, 4) is 0 Å². The van der Waals surface area contributed by atoms with E-state index >= 15 is 0 Å². The molecule has 0 amide bonds. The van der Waals surface area contributed by atoms with Crippen molar-refractivity contribution in [3.63, 3.8) is 0 Å². The van der Waals surface area contributed by atoms with Crippen LogP contribution in [0.15, 0.2) is 0 Å². The number of rotatable bonds is 4. The standard InChI is InChI=1S/C13H22O6S/c1-8-7-13(8,9(14)15)20(17,18)12(5,6)10(16)19-11(2,3)4/h8H,7H2,1-6H3,(H,14,15). The quantitative estimate of drug-likeness (QED) is 0.788. The number of hydrogen-bond acceptors (Lipinski definition) is 5. The summed E-state index contributed by atoms with van der Waals surface area (Å²) in [4.78, 5) is 23.5. The highest BCUT2D eigenvalue weighted by molar-refractivity contribution is 7.96. The minimum Gasteiger partial charge on any atom is -0.480 e. The van der Waals surface area contributed by atoms with Crippen LogP contribution in [0.4, 0.5) is 0 Å². The summed E-state index contributed by atoms with van der Waals surface area (Å²) in [6, 6.07) is 0. The molecule has 0 aromatic heterocycles. The molecule has 0 aromatic rings. The molecule has 1 aliphatic rings. The van der Waals surface area contributed by atoms with Gasteiger partial charge in [0.15, 0.2) is 19.3 Å². The fraction of sp³-hybridized carbons (Fsp3) is 0.846. The number of carbonyl (C=O) groups excluding carboxylic acids is 1. The first-order chi connectivity index (χ1) is 8.70. The zero-order valence-corrected chi connectivity index (χ0v) is 13.5. The molecular weight excluding hydrogens is 284 g/mol.